The van der Waals surface area contributed by atoms with E-state index in [-0.39, 0.29) is 23.5 Å². The maximum atomic E-state index is 13.0. The molecule has 1 amide bonds. The van der Waals surface area contributed by atoms with E-state index in [1.807, 2.05) is 36.1 Å². The van der Waals surface area contributed by atoms with Crippen LogP contribution in [0, 0.1) is 5.92 Å². The monoisotopic (exact) mass is 547 g/mol. The third-order valence-electron chi connectivity index (χ3n) is 7.05. The zero-order chi connectivity index (χ0) is 27.9. The highest BCUT2D eigenvalue weighted by Crippen LogP contribution is 2.30. The summed E-state index contributed by atoms with van der Waals surface area (Å²) in [6, 6.07) is 7.70. The van der Waals surface area contributed by atoms with Gasteiger partial charge in [0.25, 0.3) is 0 Å². The maximum Gasteiger partial charge on any atom is 0.338 e. The van der Waals surface area contributed by atoms with Gasteiger partial charge in [0.1, 0.15) is 11.9 Å². The number of carboxylic acid groups (broad SMARTS) is 1. The fourth-order valence-corrected chi connectivity index (χ4v) is 4.98. The van der Waals surface area contributed by atoms with Crippen LogP contribution < -0.4 is 24.6 Å². The van der Waals surface area contributed by atoms with E-state index in [0.717, 1.165) is 30.9 Å². The zero-order valence-corrected chi connectivity index (χ0v) is 22.4. The lowest BCUT2D eigenvalue weighted by Crippen LogP contribution is -2.42. The van der Waals surface area contributed by atoms with Crippen molar-refractivity contribution in [3.8, 4) is 11.5 Å². The van der Waals surface area contributed by atoms with E-state index in [1.165, 1.54) is 12.4 Å². The first-order valence-electron chi connectivity index (χ1n) is 13.6. The second-order valence-electron chi connectivity index (χ2n) is 9.80. The van der Waals surface area contributed by atoms with Crippen LogP contribution in [0.2, 0.25) is 0 Å². The summed E-state index contributed by atoms with van der Waals surface area (Å²) in [7, 11) is 0. The Kier molecular flexibility index (Phi) is 8.53. The Hall–Kier alpha value is -4.48. The van der Waals surface area contributed by atoms with Crippen molar-refractivity contribution in [1.29, 1.82) is 0 Å². The van der Waals surface area contributed by atoms with Crippen LogP contribution in [-0.4, -0.2) is 75.8 Å². The molecule has 1 unspecified atom stereocenters. The largest absolute Gasteiger partial charge is 0.490 e. The van der Waals surface area contributed by atoms with Gasteiger partial charge < -0.3 is 29.7 Å². The summed E-state index contributed by atoms with van der Waals surface area (Å²) in [5, 5.41) is 12.0. The Morgan fingerprint density at radius 1 is 1.00 bits per heavy atom. The van der Waals surface area contributed by atoms with Crippen LogP contribution in [0.15, 0.2) is 49.1 Å². The van der Waals surface area contributed by atoms with Crippen LogP contribution in [0.25, 0.3) is 0 Å². The lowest BCUT2D eigenvalue weighted by molar-refractivity contribution is -0.120. The molecule has 1 atom stereocenters. The number of hydrogen-bond donors (Lipinski definition) is 2. The highest BCUT2D eigenvalue weighted by atomic mass is 16.5. The Bertz CT molecular complexity index is 1310. The molecule has 2 aromatic heterocycles. The number of aromatic carboxylic acids is 1. The molecule has 2 N–H and O–H groups in total. The Morgan fingerprint density at radius 3 is 2.48 bits per heavy atom. The number of anilines is 3. The normalized spacial score (nSPS) is 17.8. The molecule has 2 saturated heterocycles. The number of carbonyl (C=O) groups is 2. The summed E-state index contributed by atoms with van der Waals surface area (Å²) < 4.78 is 12.0. The molecule has 5 rings (SSSR count). The molecule has 210 valence electrons. The van der Waals surface area contributed by atoms with Crippen LogP contribution in [-0.2, 0) is 4.79 Å². The van der Waals surface area contributed by atoms with Crippen molar-refractivity contribution in [2.45, 2.75) is 38.7 Å². The predicted octanol–water partition coefficient (Wildman–Crippen LogP) is 3.27. The molecule has 2 aliphatic rings. The average Bonchev–Trinajstić information content (AvgIpc) is 2.99. The van der Waals surface area contributed by atoms with Crippen molar-refractivity contribution in [3.05, 3.63) is 54.6 Å². The van der Waals surface area contributed by atoms with E-state index in [0.29, 0.717) is 56.7 Å². The predicted molar refractivity (Wildman–Crippen MR) is 148 cm³/mol. The Labute approximate surface area is 232 Å². The van der Waals surface area contributed by atoms with Crippen LogP contribution in [0.5, 0.6) is 11.5 Å². The second-order valence-corrected chi connectivity index (χ2v) is 9.80. The highest BCUT2D eigenvalue weighted by Gasteiger charge is 2.28. The summed E-state index contributed by atoms with van der Waals surface area (Å²) >= 11 is 0. The number of aromatic nitrogens is 4. The first-order chi connectivity index (χ1) is 19.5. The smallest absolute Gasteiger partial charge is 0.338 e. The first kappa shape index (κ1) is 27.1. The lowest BCUT2D eigenvalue weighted by Gasteiger charge is -2.34. The summed E-state index contributed by atoms with van der Waals surface area (Å²) in [5.74, 6) is 1.71. The van der Waals surface area contributed by atoms with Crippen LogP contribution in [0.3, 0.4) is 0 Å². The van der Waals surface area contributed by atoms with Crippen LogP contribution in [0.1, 0.15) is 43.0 Å². The first-order valence-corrected chi connectivity index (χ1v) is 13.6. The lowest BCUT2D eigenvalue weighted by atomic mass is 9.96. The fourth-order valence-electron chi connectivity index (χ4n) is 4.98. The number of carboxylic acids is 1. The minimum Gasteiger partial charge on any atom is -0.490 e. The van der Waals surface area contributed by atoms with E-state index in [2.05, 4.69) is 30.2 Å². The summed E-state index contributed by atoms with van der Waals surface area (Å²) in [6.07, 6.45) is 8.96. The van der Waals surface area contributed by atoms with E-state index in [4.69, 9.17) is 14.6 Å². The summed E-state index contributed by atoms with van der Waals surface area (Å²) in [6.45, 7) is 5.19. The van der Waals surface area contributed by atoms with Crippen molar-refractivity contribution < 1.29 is 24.2 Å². The number of nitrogens with one attached hydrogen (secondary N) is 1. The highest BCUT2D eigenvalue weighted by molar-refractivity contribution is 5.92. The SMILES string of the molecule is CCOc1ccccc1OC1CCCN(c2cncc(NC(=O)C3CCN(c4ncc(C(=O)O)cn4)CC3)n2)C1. The molecular weight excluding hydrogens is 514 g/mol. The number of amides is 1. The quantitative estimate of drug-likeness (QED) is 0.407. The Balaban J connectivity index is 1.15. The van der Waals surface area contributed by atoms with Crippen molar-refractivity contribution in [2.75, 3.05) is 47.9 Å². The molecule has 2 fully saturated rings. The Morgan fingerprint density at radius 2 is 1.75 bits per heavy atom. The molecule has 0 aliphatic carbocycles. The molecule has 40 heavy (non-hydrogen) atoms. The van der Waals surface area contributed by atoms with Gasteiger partial charge >= 0.3 is 5.97 Å². The number of piperidine rings is 2. The van der Waals surface area contributed by atoms with Gasteiger partial charge in [0, 0.05) is 37.9 Å². The fraction of sp³-hybridized carbons (Fsp3) is 0.429. The van der Waals surface area contributed by atoms with Gasteiger partial charge in [-0.25, -0.2) is 19.7 Å². The minimum atomic E-state index is -1.06. The van der Waals surface area contributed by atoms with Gasteiger partial charge in [0.15, 0.2) is 17.3 Å². The van der Waals surface area contributed by atoms with E-state index in [9.17, 15) is 9.59 Å². The number of carbonyl (C=O) groups excluding carboxylic acids is 1. The van der Waals surface area contributed by atoms with Gasteiger partial charge in [0.2, 0.25) is 11.9 Å². The number of para-hydroxylation sites is 2. The van der Waals surface area contributed by atoms with Gasteiger partial charge in [0.05, 0.1) is 31.1 Å². The van der Waals surface area contributed by atoms with Gasteiger partial charge in [-0.15, -0.1) is 0 Å². The molecule has 0 saturated carbocycles. The van der Waals surface area contributed by atoms with Gasteiger partial charge in [-0.3, -0.25) is 9.78 Å². The minimum absolute atomic E-state index is 0.0232. The maximum absolute atomic E-state index is 13.0. The van der Waals surface area contributed by atoms with Gasteiger partial charge in [-0.2, -0.15) is 0 Å². The van der Waals surface area contributed by atoms with Crippen molar-refractivity contribution >= 4 is 29.5 Å². The van der Waals surface area contributed by atoms with E-state index < -0.39 is 5.97 Å². The molecular formula is C28H33N7O5. The number of benzene rings is 1. The number of ether oxygens (including phenoxy) is 2. The van der Waals surface area contributed by atoms with E-state index in [1.54, 1.807) is 12.4 Å². The molecule has 0 radical (unpaired) electrons. The zero-order valence-electron chi connectivity index (χ0n) is 22.4. The molecule has 3 aromatic rings. The van der Waals surface area contributed by atoms with Crippen LogP contribution in [0.4, 0.5) is 17.6 Å². The van der Waals surface area contributed by atoms with E-state index >= 15 is 0 Å². The molecule has 12 heteroatoms. The topological polar surface area (TPSA) is 143 Å². The van der Waals surface area contributed by atoms with Crippen molar-refractivity contribution in [2.24, 2.45) is 5.92 Å². The third-order valence-corrected chi connectivity index (χ3v) is 7.05. The van der Waals surface area contributed by atoms with Crippen molar-refractivity contribution in [1.82, 2.24) is 19.9 Å². The molecule has 4 heterocycles. The second kappa shape index (κ2) is 12.6. The number of nitrogens with zero attached hydrogens (tertiary/aromatic N) is 6. The molecule has 0 spiro atoms. The van der Waals surface area contributed by atoms with Crippen molar-refractivity contribution in [3.63, 3.8) is 0 Å². The van der Waals surface area contributed by atoms with Crippen LogP contribution >= 0.6 is 0 Å². The molecule has 2 aliphatic heterocycles. The summed E-state index contributed by atoms with van der Waals surface area (Å²) in [4.78, 5) is 45.4. The number of hydrogen-bond acceptors (Lipinski definition) is 10. The summed E-state index contributed by atoms with van der Waals surface area (Å²) in [5.41, 5.74) is 0.0425. The molecule has 12 nitrogen and oxygen atoms in total. The molecule has 1 aromatic carbocycles. The standard InChI is InChI=1S/C28H33N7O5/c1-2-39-22-7-3-4-8-23(22)40-21-6-5-11-35(18-21)25-17-29-16-24(32-25)33-26(36)19-9-12-34(13-10-19)28-30-14-20(15-31-28)27(37)38/h3-4,7-8,14-17,19,21H,2,5-6,9-13,18H2,1H3,(H,37,38)(H,32,33,36). The third kappa shape index (κ3) is 6.56. The number of rotatable bonds is 9. The van der Waals surface area contributed by atoms with Gasteiger partial charge in [-0.1, -0.05) is 12.1 Å². The average molecular weight is 548 g/mol. The van der Waals surface area contributed by atoms with Gasteiger partial charge in [-0.05, 0) is 44.7 Å². The molecule has 0 bridgehead atoms.